The molecule has 0 spiro atoms. The number of hydrogen-bond donors (Lipinski definition) is 0. The lowest BCUT2D eigenvalue weighted by atomic mass is 9.89. The summed E-state index contributed by atoms with van der Waals surface area (Å²) in [4.78, 5) is 19.0. The van der Waals surface area contributed by atoms with Gasteiger partial charge in [0.1, 0.15) is 5.01 Å². The predicted octanol–water partition coefficient (Wildman–Crippen LogP) is 3.63. The molecule has 0 saturated carbocycles. The molecule has 5 heteroatoms. The van der Waals surface area contributed by atoms with Gasteiger partial charge in [-0.2, -0.15) is 0 Å². The molecule has 0 aliphatic carbocycles. The Morgan fingerprint density at radius 2 is 2.09 bits per heavy atom. The molecule has 1 saturated heterocycles. The first kappa shape index (κ1) is 16.1. The lowest BCUT2D eigenvalue weighted by molar-refractivity contribution is -0.150. The first-order valence-electron chi connectivity index (χ1n) is 8.14. The van der Waals surface area contributed by atoms with E-state index in [2.05, 4.69) is 40.2 Å². The van der Waals surface area contributed by atoms with E-state index in [0.29, 0.717) is 12.5 Å². The second-order valence-electron chi connectivity index (χ2n) is 5.75. The van der Waals surface area contributed by atoms with Crippen molar-refractivity contribution in [3.8, 4) is 0 Å². The van der Waals surface area contributed by atoms with Crippen LogP contribution < -0.4 is 0 Å². The molecule has 0 amide bonds. The van der Waals surface area contributed by atoms with Gasteiger partial charge in [0.25, 0.3) is 0 Å². The summed E-state index contributed by atoms with van der Waals surface area (Å²) in [5.74, 6) is 0.396. The van der Waals surface area contributed by atoms with Gasteiger partial charge in [0.05, 0.1) is 6.61 Å². The maximum Gasteiger partial charge on any atom is 0.330 e. The largest absolute Gasteiger partial charge is 0.464 e. The third-order valence-corrected chi connectivity index (χ3v) is 5.19. The zero-order valence-electron chi connectivity index (χ0n) is 13.4. The molecule has 1 aliphatic heterocycles. The van der Waals surface area contributed by atoms with E-state index in [-0.39, 0.29) is 12.0 Å². The summed E-state index contributed by atoms with van der Waals surface area (Å²) in [5.41, 5.74) is 1.40. The smallest absolute Gasteiger partial charge is 0.330 e. The average Bonchev–Trinajstić information content (AvgIpc) is 3.11. The number of piperidine rings is 1. The molecule has 1 fully saturated rings. The van der Waals surface area contributed by atoms with Crippen LogP contribution in [0.5, 0.6) is 0 Å². The Hall–Kier alpha value is -1.72. The number of benzene rings is 1. The molecular formula is C18H22N2O2S. The van der Waals surface area contributed by atoms with Gasteiger partial charge in [-0.15, -0.1) is 11.3 Å². The number of nitrogens with zero attached hydrogens (tertiary/aromatic N) is 2. The fourth-order valence-corrected chi connectivity index (χ4v) is 3.97. The first-order chi connectivity index (χ1) is 11.3. The zero-order valence-corrected chi connectivity index (χ0v) is 14.2. The zero-order chi connectivity index (χ0) is 16.1. The van der Waals surface area contributed by atoms with Crippen LogP contribution in [0.15, 0.2) is 41.9 Å². The molecule has 1 aliphatic rings. The van der Waals surface area contributed by atoms with Crippen molar-refractivity contribution in [2.24, 2.45) is 0 Å². The van der Waals surface area contributed by atoms with Gasteiger partial charge in [-0.05, 0) is 44.3 Å². The van der Waals surface area contributed by atoms with E-state index in [0.717, 1.165) is 30.9 Å². The minimum absolute atomic E-state index is 0.180. The van der Waals surface area contributed by atoms with Crippen molar-refractivity contribution in [3.63, 3.8) is 0 Å². The van der Waals surface area contributed by atoms with Crippen molar-refractivity contribution in [2.75, 3.05) is 19.7 Å². The van der Waals surface area contributed by atoms with Crippen LogP contribution in [-0.4, -0.2) is 35.5 Å². The summed E-state index contributed by atoms with van der Waals surface area (Å²) in [6.07, 6.45) is 3.87. The molecule has 1 aromatic carbocycles. The van der Waals surface area contributed by atoms with E-state index in [1.165, 1.54) is 16.9 Å². The standard InChI is InChI=1S/C18H22N2O2S/c1-2-22-18(21)16(17-19-10-13-23-17)20-11-8-15(9-12-20)14-6-4-3-5-7-14/h3-7,10,13,15-16H,2,8-9,11-12H2,1H3. The summed E-state index contributed by atoms with van der Waals surface area (Å²) in [6.45, 7) is 4.03. The monoisotopic (exact) mass is 330 g/mol. The maximum absolute atomic E-state index is 12.4. The Labute approximate surface area is 141 Å². The summed E-state index contributed by atoms with van der Waals surface area (Å²) in [7, 11) is 0. The summed E-state index contributed by atoms with van der Waals surface area (Å²) in [6, 6.07) is 10.3. The Bertz CT molecular complexity index is 607. The predicted molar refractivity (Wildman–Crippen MR) is 91.5 cm³/mol. The van der Waals surface area contributed by atoms with Crippen LogP contribution in [0.25, 0.3) is 0 Å². The van der Waals surface area contributed by atoms with Crippen molar-refractivity contribution in [1.29, 1.82) is 0 Å². The van der Waals surface area contributed by atoms with Gasteiger partial charge in [-0.3, -0.25) is 4.90 Å². The highest BCUT2D eigenvalue weighted by Gasteiger charge is 2.34. The van der Waals surface area contributed by atoms with Crippen molar-refractivity contribution in [3.05, 3.63) is 52.5 Å². The molecular weight excluding hydrogens is 308 g/mol. The number of thiazole rings is 1. The average molecular weight is 330 g/mol. The van der Waals surface area contributed by atoms with Crippen LogP contribution in [0.3, 0.4) is 0 Å². The number of esters is 1. The highest BCUT2D eigenvalue weighted by atomic mass is 32.1. The van der Waals surface area contributed by atoms with Crippen LogP contribution in [0, 0.1) is 0 Å². The summed E-state index contributed by atoms with van der Waals surface area (Å²) >= 11 is 1.52. The van der Waals surface area contributed by atoms with E-state index in [9.17, 15) is 4.79 Å². The normalized spacial score (nSPS) is 17.8. The van der Waals surface area contributed by atoms with E-state index in [1.807, 2.05) is 12.3 Å². The second-order valence-corrected chi connectivity index (χ2v) is 6.67. The molecule has 1 aromatic heterocycles. The van der Waals surface area contributed by atoms with Crippen LogP contribution in [0.4, 0.5) is 0 Å². The van der Waals surface area contributed by atoms with E-state index >= 15 is 0 Å². The fourth-order valence-electron chi connectivity index (χ4n) is 3.21. The van der Waals surface area contributed by atoms with Gasteiger partial charge in [-0.25, -0.2) is 9.78 Å². The third-order valence-electron chi connectivity index (χ3n) is 4.36. The molecule has 2 heterocycles. The van der Waals surface area contributed by atoms with Crippen molar-refractivity contribution < 1.29 is 9.53 Å². The van der Waals surface area contributed by atoms with Gasteiger partial charge in [-0.1, -0.05) is 30.3 Å². The number of likely N-dealkylation sites (tertiary alicyclic amines) is 1. The molecule has 2 aromatic rings. The van der Waals surface area contributed by atoms with Crippen molar-refractivity contribution in [1.82, 2.24) is 9.88 Å². The maximum atomic E-state index is 12.4. The number of ether oxygens (including phenoxy) is 1. The van der Waals surface area contributed by atoms with Crippen molar-refractivity contribution >= 4 is 17.3 Å². The van der Waals surface area contributed by atoms with Crippen LogP contribution in [0.1, 0.15) is 42.3 Å². The number of rotatable bonds is 5. The molecule has 1 atom stereocenters. The molecule has 3 rings (SSSR count). The highest BCUT2D eigenvalue weighted by Crippen LogP contribution is 2.33. The number of hydrogen-bond acceptors (Lipinski definition) is 5. The topological polar surface area (TPSA) is 42.4 Å². The molecule has 4 nitrogen and oxygen atoms in total. The molecule has 0 radical (unpaired) electrons. The number of carbonyl (C=O) groups excluding carboxylic acids is 1. The summed E-state index contributed by atoms with van der Waals surface area (Å²) < 4.78 is 5.28. The number of carbonyl (C=O) groups is 1. The van der Waals surface area contributed by atoms with Crippen LogP contribution >= 0.6 is 11.3 Å². The quantitative estimate of drug-likeness (QED) is 0.785. The van der Waals surface area contributed by atoms with E-state index < -0.39 is 0 Å². The minimum atomic E-state index is -0.355. The Balaban J connectivity index is 1.69. The SMILES string of the molecule is CCOC(=O)C(c1nccs1)N1CCC(c2ccccc2)CC1. The van der Waals surface area contributed by atoms with Crippen molar-refractivity contribution in [2.45, 2.75) is 31.7 Å². The van der Waals surface area contributed by atoms with Gasteiger partial charge < -0.3 is 4.74 Å². The third kappa shape index (κ3) is 3.79. The number of aromatic nitrogens is 1. The molecule has 0 N–H and O–H groups in total. The van der Waals surface area contributed by atoms with E-state index in [1.54, 1.807) is 6.20 Å². The minimum Gasteiger partial charge on any atom is -0.464 e. The molecule has 23 heavy (non-hydrogen) atoms. The van der Waals surface area contributed by atoms with Gasteiger partial charge in [0.15, 0.2) is 6.04 Å². The van der Waals surface area contributed by atoms with Gasteiger partial charge in [0, 0.05) is 11.6 Å². The van der Waals surface area contributed by atoms with Gasteiger partial charge in [0.2, 0.25) is 0 Å². The molecule has 122 valence electrons. The molecule has 0 bridgehead atoms. The first-order valence-corrected chi connectivity index (χ1v) is 9.02. The van der Waals surface area contributed by atoms with Crippen LogP contribution in [-0.2, 0) is 9.53 Å². The Morgan fingerprint density at radius 3 is 2.70 bits per heavy atom. The second kappa shape index (κ2) is 7.70. The Morgan fingerprint density at radius 1 is 1.35 bits per heavy atom. The Kier molecular flexibility index (Phi) is 5.41. The van der Waals surface area contributed by atoms with Crippen LogP contribution in [0.2, 0.25) is 0 Å². The highest BCUT2D eigenvalue weighted by molar-refractivity contribution is 7.09. The van der Waals surface area contributed by atoms with Gasteiger partial charge >= 0.3 is 5.97 Å². The summed E-state index contributed by atoms with van der Waals surface area (Å²) in [5, 5.41) is 2.75. The lowest BCUT2D eigenvalue weighted by Gasteiger charge is -2.35. The molecule has 1 unspecified atom stereocenters. The lowest BCUT2D eigenvalue weighted by Crippen LogP contribution is -2.40. The fraction of sp³-hybridized carbons (Fsp3) is 0.444. The van der Waals surface area contributed by atoms with E-state index in [4.69, 9.17) is 4.74 Å².